The minimum atomic E-state index is 0.632. The first-order chi connectivity index (χ1) is 6.06. The highest BCUT2D eigenvalue weighted by molar-refractivity contribution is 4.87. The molecule has 0 aromatic carbocycles. The number of hydrogen-bond donors (Lipinski definition) is 0. The Morgan fingerprint density at radius 2 is 1.92 bits per heavy atom. The molecule has 0 N–H and O–H groups in total. The standard InChI is InChI=1S/C13H26/c1-5-6-7-8-12-9-11(2)10-13(12,3)4/h11-12H,5-10H2,1-4H3/t11-,12?/m0/s1. The predicted octanol–water partition coefficient (Wildman–Crippen LogP) is 4.64. The summed E-state index contributed by atoms with van der Waals surface area (Å²) in [5, 5.41) is 0. The summed E-state index contributed by atoms with van der Waals surface area (Å²) in [6.07, 6.45) is 8.66. The maximum absolute atomic E-state index is 2.47. The van der Waals surface area contributed by atoms with Crippen LogP contribution in [-0.2, 0) is 0 Å². The lowest BCUT2D eigenvalue weighted by atomic mass is 9.79. The number of rotatable bonds is 4. The van der Waals surface area contributed by atoms with Crippen molar-refractivity contribution in [2.75, 3.05) is 0 Å². The molecule has 0 amide bonds. The fourth-order valence-electron chi connectivity index (χ4n) is 3.10. The molecular formula is C13H26. The van der Waals surface area contributed by atoms with E-state index in [9.17, 15) is 0 Å². The molecule has 1 aliphatic rings. The Kier molecular flexibility index (Phi) is 3.82. The monoisotopic (exact) mass is 182 g/mol. The van der Waals surface area contributed by atoms with E-state index in [2.05, 4.69) is 27.7 Å². The summed E-state index contributed by atoms with van der Waals surface area (Å²) in [6, 6.07) is 0. The molecule has 1 fully saturated rings. The molecule has 2 atom stereocenters. The van der Waals surface area contributed by atoms with Crippen LogP contribution in [0.25, 0.3) is 0 Å². The fourth-order valence-corrected chi connectivity index (χ4v) is 3.10. The lowest BCUT2D eigenvalue weighted by molar-refractivity contribution is 0.239. The van der Waals surface area contributed by atoms with Crippen LogP contribution in [-0.4, -0.2) is 0 Å². The van der Waals surface area contributed by atoms with Gasteiger partial charge in [0, 0.05) is 0 Å². The molecule has 0 nitrogen and oxygen atoms in total. The molecule has 0 aliphatic heterocycles. The second-order valence-corrected chi connectivity index (χ2v) is 5.73. The molecule has 0 radical (unpaired) electrons. The van der Waals surface area contributed by atoms with Gasteiger partial charge in [0.1, 0.15) is 0 Å². The molecule has 0 spiro atoms. The van der Waals surface area contributed by atoms with Crippen LogP contribution in [0.5, 0.6) is 0 Å². The van der Waals surface area contributed by atoms with Crippen molar-refractivity contribution in [2.24, 2.45) is 17.3 Å². The molecule has 1 rings (SSSR count). The van der Waals surface area contributed by atoms with E-state index in [1.165, 1.54) is 38.5 Å². The summed E-state index contributed by atoms with van der Waals surface area (Å²) in [7, 11) is 0. The highest BCUT2D eigenvalue weighted by Gasteiger charge is 2.37. The molecule has 1 unspecified atom stereocenters. The third kappa shape index (κ3) is 3.00. The number of hydrogen-bond acceptors (Lipinski definition) is 0. The van der Waals surface area contributed by atoms with E-state index in [1.54, 1.807) is 0 Å². The van der Waals surface area contributed by atoms with Crippen molar-refractivity contribution in [1.29, 1.82) is 0 Å². The third-order valence-electron chi connectivity index (χ3n) is 3.82. The average molecular weight is 182 g/mol. The maximum Gasteiger partial charge on any atom is -0.0323 e. The van der Waals surface area contributed by atoms with Gasteiger partial charge in [-0.1, -0.05) is 47.0 Å². The van der Waals surface area contributed by atoms with Crippen molar-refractivity contribution >= 4 is 0 Å². The summed E-state index contributed by atoms with van der Waals surface area (Å²) in [4.78, 5) is 0. The Hall–Kier alpha value is 0. The van der Waals surface area contributed by atoms with Gasteiger partial charge in [-0.15, -0.1) is 0 Å². The molecule has 13 heavy (non-hydrogen) atoms. The van der Waals surface area contributed by atoms with Crippen LogP contribution in [0, 0.1) is 17.3 Å². The molecule has 0 heterocycles. The van der Waals surface area contributed by atoms with Gasteiger partial charge in [0.15, 0.2) is 0 Å². The van der Waals surface area contributed by atoms with Crippen LogP contribution < -0.4 is 0 Å². The van der Waals surface area contributed by atoms with E-state index in [4.69, 9.17) is 0 Å². The van der Waals surface area contributed by atoms with Crippen LogP contribution in [0.15, 0.2) is 0 Å². The first kappa shape index (κ1) is 11.1. The SMILES string of the molecule is CCCCCC1C[C@H](C)CC1(C)C. The first-order valence-electron chi connectivity index (χ1n) is 6.06. The smallest absolute Gasteiger partial charge is 0.0323 e. The van der Waals surface area contributed by atoms with Gasteiger partial charge in [-0.05, 0) is 36.5 Å². The summed E-state index contributed by atoms with van der Waals surface area (Å²) < 4.78 is 0. The van der Waals surface area contributed by atoms with E-state index >= 15 is 0 Å². The lowest BCUT2D eigenvalue weighted by Gasteiger charge is -2.26. The van der Waals surface area contributed by atoms with E-state index in [-0.39, 0.29) is 0 Å². The van der Waals surface area contributed by atoms with E-state index in [0.717, 1.165) is 11.8 Å². The van der Waals surface area contributed by atoms with E-state index < -0.39 is 0 Å². The van der Waals surface area contributed by atoms with Gasteiger partial charge in [0.05, 0.1) is 0 Å². The fraction of sp³-hybridized carbons (Fsp3) is 1.00. The molecule has 0 aromatic heterocycles. The van der Waals surface area contributed by atoms with Crippen LogP contribution in [0.4, 0.5) is 0 Å². The predicted molar refractivity (Wildman–Crippen MR) is 59.8 cm³/mol. The first-order valence-corrected chi connectivity index (χ1v) is 6.06. The minimum absolute atomic E-state index is 0.632. The molecule has 1 aliphatic carbocycles. The average Bonchev–Trinajstić information content (AvgIpc) is 2.25. The van der Waals surface area contributed by atoms with Crippen LogP contribution >= 0.6 is 0 Å². The molecule has 0 bridgehead atoms. The zero-order valence-electron chi connectivity index (χ0n) is 9.90. The van der Waals surface area contributed by atoms with Crippen molar-refractivity contribution in [3.8, 4) is 0 Å². The van der Waals surface area contributed by atoms with E-state index in [1.807, 2.05) is 0 Å². The zero-order chi connectivity index (χ0) is 9.90. The Morgan fingerprint density at radius 1 is 1.23 bits per heavy atom. The van der Waals surface area contributed by atoms with Crippen LogP contribution in [0.3, 0.4) is 0 Å². The highest BCUT2D eigenvalue weighted by atomic mass is 14.4. The summed E-state index contributed by atoms with van der Waals surface area (Å²) in [5.74, 6) is 1.98. The second-order valence-electron chi connectivity index (χ2n) is 5.73. The summed E-state index contributed by atoms with van der Waals surface area (Å²) >= 11 is 0. The molecule has 0 aromatic rings. The van der Waals surface area contributed by atoms with Gasteiger partial charge in [-0.2, -0.15) is 0 Å². The van der Waals surface area contributed by atoms with Crippen molar-refractivity contribution < 1.29 is 0 Å². The topological polar surface area (TPSA) is 0 Å². The molecule has 1 saturated carbocycles. The van der Waals surface area contributed by atoms with Gasteiger partial charge in [-0.3, -0.25) is 0 Å². The number of unbranched alkanes of at least 4 members (excludes halogenated alkanes) is 2. The Bertz CT molecular complexity index is 146. The van der Waals surface area contributed by atoms with Crippen molar-refractivity contribution in [1.82, 2.24) is 0 Å². The van der Waals surface area contributed by atoms with E-state index in [0.29, 0.717) is 5.41 Å². The van der Waals surface area contributed by atoms with Crippen LogP contribution in [0.1, 0.15) is 66.2 Å². The van der Waals surface area contributed by atoms with Gasteiger partial charge >= 0.3 is 0 Å². The van der Waals surface area contributed by atoms with Crippen LogP contribution in [0.2, 0.25) is 0 Å². The largest absolute Gasteiger partial charge is 0.0654 e. The quantitative estimate of drug-likeness (QED) is 0.556. The third-order valence-corrected chi connectivity index (χ3v) is 3.82. The van der Waals surface area contributed by atoms with Gasteiger partial charge < -0.3 is 0 Å². The van der Waals surface area contributed by atoms with Gasteiger partial charge in [-0.25, -0.2) is 0 Å². The Balaban J connectivity index is 2.32. The highest BCUT2D eigenvalue weighted by Crippen LogP contribution is 2.47. The molecule has 0 heteroatoms. The molecular weight excluding hydrogens is 156 g/mol. The maximum atomic E-state index is 2.47. The van der Waals surface area contributed by atoms with Gasteiger partial charge in [0.25, 0.3) is 0 Å². The van der Waals surface area contributed by atoms with Crippen molar-refractivity contribution in [3.63, 3.8) is 0 Å². The minimum Gasteiger partial charge on any atom is -0.0654 e. The normalized spacial score (nSPS) is 32.3. The van der Waals surface area contributed by atoms with Gasteiger partial charge in [0.2, 0.25) is 0 Å². The van der Waals surface area contributed by atoms with Crippen molar-refractivity contribution in [3.05, 3.63) is 0 Å². The molecule has 78 valence electrons. The Labute approximate surface area is 84.1 Å². The summed E-state index contributed by atoms with van der Waals surface area (Å²) in [6.45, 7) is 9.64. The summed E-state index contributed by atoms with van der Waals surface area (Å²) in [5.41, 5.74) is 0.632. The Morgan fingerprint density at radius 3 is 2.38 bits per heavy atom. The molecule has 0 saturated heterocycles. The lowest BCUT2D eigenvalue weighted by Crippen LogP contribution is -2.17. The zero-order valence-corrected chi connectivity index (χ0v) is 9.90. The van der Waals surface area contributed by atoms with Crippen molar-refractivity contribution in [2.45, 2.75) is 66.2 Å². The second kappa shape index (κ2) is 4.48.